The van der Waals surface area contributed by atoms with Crippen LogP contribution in [0.3, 0.4) is 0 Å². The van der Waals surface area contributed by atoms with Gasteiger partial charge >= 0.3 is 0 Å². The van der Waals surface area contributed by atoms with Crippen LogP contribution in [-0.4, -0.2) is 53.9 Å². The van der Waals surface area contributed by atoms with Crippen molar-refractivity contribution in [2.45, 2.75) is 75.3 Å². The van der Waals surface area contributed by atoms with Gasteiger partial charge in [-0.2, -0.15) is 0 Å². The number of hydrogen-bond acceptors (Lipinski definition) is 3. The summed E-state index contributed by atoms with van der Waals surface area (Å²) in [5, 5.41) is 5.67. The van der Waals surface area contributed by atoms with Crippen LogP contribution in [0, 0.1) is 18.8 Å². The van der Waals surface area contributed by atoms with Crippen molar-refractivity contribution in [1.29, 1.82) is 0 Å². The van der Waals surface area contributed by atoms with E-state index in [0.29, 0.717) is 18.9 Å². The Bertz CT molecular complexity index is 1110. The van der Waals surface area contributed by atoms with Crippen LogP contribution < -0.4 is 10.6 Å². The number of halogens is 2. The van der Waals surface area contributed by atoms with Crippen LogP contribution in [0.2, 0.25) is 0 Å². The molecule has 4 N–H and O–H groups in total. The van der Waals surface area contributed by atoms with Gasteiger partial charge in [-0.05, 0) is 50.0 Å². The van der Waals surface area contributed by atoms with Gasteiger partial charge in [0.25, 0.3) is 0 Å². The quantitative estimate of drug-likeness (QED) is 0.659. The first kappa shape index (κ1) is 24.4. The molecule has 1 saturated carbocycles. The zero-order valence-corrected chi connectivity index (χ0v) is 21.9. The molecule has 1 unspecified atom stereocenters. The van der Waals surface area contributed by atoms with Crippen molar-refractivity contribution in [3.63, 3.8) is 0 Å². The number of aromatic nitrogens is 1. The van der Waals surface area contributed by atoms with Gasteiger partial charge in [-0.1, -0.05) is 30.3 Å². The van der Waals surface area contributed by atoms with E-state index >= 15 is 0 Å². The largest absolute Gasteiger partial charge is 0.345 e. The second kappa shape index (κ2) is 9.44. The molecule has 1 aliphatic carbocycles. The summed E-state index contributed by atoms with van der Waals surface area (Å²) in [5.74, 6) is -2.36. The maximum atomic E-state index is 14.6. The average molecular weight is 517 g/mol. The van der Waals surface area contributed by atoms with Crippen molar-refractivity contribution in [2.24, 2.45) is 11.8 Å². The molecule has 2 saturated heterocycles. The van der Waals surface area contributed by atoms with Gasteiger partial charge < -0.3 is 15.5 Å². The van der Waals surface area contributed by atoms with Crippen molar-refractivity contribution >= 4 is 17.2 Å². The Morgan fingerprint density at radius 2 is 1.97 bits per heavy atom. The molecule has 36 heavy (non-hydrogen) atoms. The van der Waals surface area contributed by atoms with Gasteiger partial charge in [0.2, 0.25) is 11.8 Å². The predicted octanol–water partition coefficient (Wildman–Crippen LogP) is 2.56. The Morgan fingerprint density at radius 3 is 2.78 bits per heavy atom. The number of alkyl halides is 2. The van der Waals surface area contributed by atoms with E-state index in [1.807, 2.05) is 6.07 Å². The van der Waals surface area contributed by atoms with Gasteiger partial charge in [0.15, 0.2) is 0 Å². The summed E-state index contributed by atoms with van der Waals surface area (Å²) < 4.78 is 29.2. The highest BCUT2D eigenvalue weighted by molar-refractivity contribution is 7.11. The highest BCUT2D eigenvalue weighted by Gasteiger charge is 2.58. The van der Waals surface area contributed by atoms with E-state index < -0.39 is 5.92 Å². The third-order valence-electron chi connectivity index (χ3n) is 9.40. The minimum atomic E-state index is -2.62. The molecule has 1 aromatic heterocycles. The molecule has 4 heterocycles. The number of nitrogens with two attached hydrogens (primary N) is 2. The smallest absolute Gasteiger partial charge is 0.248 e. The lowest BCUT2D eigenvalue weighted by Gasteiger charge is -2.47. The first-order valence-electron chi connectivity index (χ1n) is 13.7. The molecule has 3 aliphatic heterocycles. The minimum Gasteiger partial charge on any atom is -0.345 e. The number of amides is 1. The van der Waals surface area contributed by atoms with Crippen molar-refractivity contribution < 1.29 is 24.2 Å². The summed E-state index contributed by atoms with van der Waals surface area (Å²) in [6, 6.07) is 10.3. The van der Waals surface area contributed by atoms with Crippen molar-refractivity contribution in [1.82, 2.24) is 9.88 Å². The lowest BCUT2D eigenvalue weighted by Crippen LogP contribution is -2.91. The molecule has 2 aromatic rings. The molecule has 1 amide bonds. The van der Waals surface area contributed by atoms with Crippen molar-refractivity contribution in [3.05, 3.63) is 51.5 Å². The number of rotatable bonds is 3. The number of aryl methyl sites for hydroxylation is 1. The third kappa shape index (κ3) is 4.29. The average Bonchev–Trinajstić information content (AvgIpc) is 3.47. The fraction of sp³-hybridized carbons (Fsp3) is 0.643. The summed E-state index contributed by atoms with van der Waals surface area (Å²) >= 11 is 1.76. The number of thiazole rings is 1. The predicted molar refractivity (Wildman–Crippen MR) is 135 cm³/mol. The maximum Gasteiger partial charge on any atom is 0.248 e. The molecule has 0 bridgehead atoms. The summed E-state index contributed by atoms with van der Waals surface area (Å²) in [6.45, 7) is 6.18. The Morgan fingerprint density at radius 1 is 1.17 bits per heavy atom. The molecule has 5 atom stereocenters. The number of fused-ring (bicyclic) bond motifs is 2. The fourth-order valence-electron chi connectivity index (χ4n) is 7.73. The molecule has 4 aliphatic rings. The van der Waals surface area contributed by atoms with Crippen molar-refractivity contribution in [2.75, 3.05) is 26.2 Å². The van der Waals surface area contributed by atoms with Crippen LogP contribution in [0.25, 0.3) is 0 Å². The zero-order valence-electron chi connectivity index (χ0n) is 21.1. The SMILES string of the molecule is Cc1nc2c(s1)[C@]1(C[NH2+]C2)C[NH2+]C[C@H]1C(=O)N1CC[C@@H](c2ccccc2)C[C@H]1C1CCCC(F)(F)C1. The van der Waals surface area contributed by atoms with Crippen LogP contribution in [0.15, 0.2) is 30.3 Å². The zero-order chi connectivity index (χ0) is 24.9. The maximum absolute atomic E-state index is 14.6. The van der Waals surface area contributed by atoms with Crippen LogP contribution in [-0.2, 0) is 16.8 Å². The fourth-order valence-corrected chi connectivity index (χ4v) is 8.94. The second-order valence-electron chi connectivity index (χ2n) is 11.6. The topological polar surface area (TPSA) is 66.4 Å². The van der Waals surface area contributed by atoms with E-state index in [1.54, 1.807) is 11.3 Å². The molecule has 5 nitrogen and oxygen atoms in total. The van der Waals surface area contributed by atoms with Crippen LogP contribution >= 0.6 is 11.3 Å². The normalized spacial score (nSPS) is 34.0. The summed E-state index contributed by atoms with van der Waals surface area (Å²) in [5.41, 5.74) is 2.21. The highest BCUT2D eigenvalue weighted by Crippen LogP contribution is 2.46. The van der Waals surface area contributed by atoms with Gasteiger partial charge in [0.05, 0.1) is 29.5 Å². The molecule has 1 spiro atoms. The lowest BCUT2D eigenvalue weighted by atomic mass is 9.71. The van der Waals surface area contributed by atoms with Gasteiger partial charge in [0.1, 0.15) is 23.6 Å². The molecule has 194 valence electrons. The van der Waals surface area contributed by atoms with Crippen LogP contribution in [0.4, 0.5) is 8.78 Å². The number of piperidine rings is 1. The molecule has 8 heteroatoms. The van der Waals surface area contributed by atoms with E-state index in [2.05, 4.69) is 46.7 Å². The number of quaternary nitrogens is 2. The highest BCUT2D eigenvalue weighted by atomic mass is 32.1. The van der Waals surface area contributed by atoms with E-state index in [9.17, 15) is 13.6 Å². The first-order valence-corrected chi connectivity index (χ1v) is 14.5. The Labute approximate surface area is 216 Å². The van der Waals surface area contributed by atoms with E-state index in [-0.39, 0.29) is 42.0 Å². The molecule has 1 aromatic carbocycles. The van der Waals surface area contributed by atoms with Gasteiger partial charge in [-0.25, -0.2) is 13.8 Å². The number of carbonyl (C=O) groups is 1. The van der Waals surface area contributed by atoms with E-state index in [1.165, 1.54) is 10.4 Å². The van der Waals surface area contributed by atoms with Crippen molar-refractivity contribution in [3.8, 4) is 0 Å². The van der Waals surface area contributed by atoms with Gasteiger partial charge in [-0.3, -0.25) is 4.79 Å². The third-order valence-corrected chi connectivity index (χ3v) is 10.6. The second-order valence-corrected chi connectivity index (χ2v) is 12.8. The monoisotopic (exact) mass is 516 g/mol. The number of likely N-dealkylation sites (tertiary alicyclic amines) is 1. The van der Waals surface area contributed by atoms with E-state index in [0.717, 1.165) is 56.1 Å². The summed E-state index contributed by atoms with van der Waals surface area (Å²) in [4.78, 5) is 22.6. The number of carbonyl (C=O) groups excluding carboxylic acids is 1. The molecular weight excluding hydrogens is 478 g/mol. The Hall–Kier alpha value is -1.90. The van der Waals surface area contributed by atoms with E-state index in [4.69, 9.17) is 4.98 Å². The molecule has 0 radical (unpaired) electrons. The van der Waals surface area contributed by atoms with Crippen LogP contribution in [0.1, 0.15) is 65.6 Å². The van der Waals surface area contributed by atoms with Gasteiger partial charge in [-0.15, -0.1) is 11.3 Å². The first-order chi connectivity index (χ1) is 17.4. The Balaban J connectivity index is 1.31. The molecule has 6 rings (SSSR count). The van der Waals surface area contributed by atoms with Gasteiger partial charge in [0, 0.05) is 25.4 Å². The number of hydrogen-bond donors (Lipinski definition) is 2. The minimum absolute atomic E-state index is 0.0175. The standard InChI is InChI=1S/C28H36F2N4OS/c1-18-33-23-15-32-17-27(25(23)36-18)16-31-14-22(27)26(35)34-11-9-20(19-6-3-2-4-7-19)12-24(34)21-8-5-10-28(29,30)13-21/h2-4,6-7,20-22,24,31-32H,5,8-17H2,1H3/p+2/t20-,21?,22+,24+,27+/m1/s1. The number of benzene rings is 1. The van der Waals surface area contributed by atoms with Crippen LogP contribution in [0.5, 0.6) is 0 Å². The molecule has 3 fully saturated rings. The number of nitrogens with zero attached hydrogens (tertiary/aromatic N) is 2. The summed E-state index contributed by atoms with van der Waals surface area (Å²) in [6.07, 6.45) is 2.92. The summed E-state index contributed by atoms with van der Waals surface area (Å²) in [7, 11) is 0. The molecular formula is C28H38F2N4OS+2. The lowest BCUT2D eigenvalue weighted by molar-refractivity contribution is -0.691. The Kier molecular flexibility index (Phi) is 6.41.